The molecule has 140 valence electrons. The highest BCUT2D eigenvalue weighted by Crippen LogP contribution is 2.45. The molecule has 1 amide bonds. The predicted molar refractivity (Wildman–Crippen MR) is 98.3 cm³/mol. The molecule has 2 aromatic rings. The molecule has 0 spiro atoms. The molecular formula is C19H17ClN2O5. The second kappa shape index (κ2) is 7.75. The molecular weight excluding hydrogens is 372 g/mol. The van der Waals surface area contributed by atoms with Crippen LogP contribution in [0.5, 0.6) is 0 Å². The van der Waals surface area contributed by atoms with Gasteiger partial charge in [-0.25, -0.2) is 4.79 Å². The minimum atomic E-state index is -1.08. The Morgan fingerprint density at radius 3 is 2.67 bits per heavy atom. The Labute approximate surface area is 160 Å². The van der Waals surface area contributed by atoms with Crippen LogP contribution in [0, 0.1) is 0 Å². The fraction of sp³-hybridized carbons (Fsp3) is 0.263. The number of rotatable bonds is 5. The number of halogens is 1. The number of benzene rings is 1. The van der Waals surface area contributed by atoms with Crippen LogP contribution < -0.4 is 4.90 Å². The Kier molecular flexibility index (Phi) is 5.41. The van der Waals surface area contributed by atoms with Crippen molar-refractivity contribution < 1.29 is 24.2 Å². The second-order valence-corrected chi connectivity index (χ2v) is 6.44. The number of aliphatic carboxylic acids is 1. The fourth-order valence-electron chi connectivity index (χ4n) is 3.31. The molecule has 1 aliphatic heterocycles. The van der Waals surface area contributed by atoms with Crippen molar-refractivity contribution >= 4 is 35.1 Å². The first kappa shape index (κ1) is 18.8. The molecule has 0 radical (unpaired) electrons. The zero-order chi connectivity index (χ0) is 19.6. The minimum Gasteiger partial charge on any atom is -0.481 e. The van der Waals surface area contributed by atoms with Gasteiger partial charge in [-0.1, -0.05) is 23.7 Å². The number of amides is 1. The third kappa shape index (κ3) is 3.64. The Morgan fingerprint density at radius 1 is 1.26 bits per heavy atom. The van der Waals surface area contributed by atoms with E-state index in [2.05, 4.69) is 4.98 Å². The molecule has 1 aromatic heterocycles. The second-order valence-electron chi connectivity index (χ2n) is 6.00. The molecule has 1 N–H and O–H groups in total. The fourth-order valence-corrected chi connectivity index (χ4v) is 3.48. The van der Waals surface area contributed by atoms with Gasteiger partial charge in [0.1, 0.15) is 11.7 Å². The van der Waals surface area contributed by atoms with E-state index in [1.54, 1.807) is 31.2 Å². The predicted octanol–water partition coefficient (Wildman–Crippen LogP) is 3.52. The summed E-state index contributed by atoms with van der Waals surface area (Å²) in [5.74, 6) is -2.28. The normalized spacial score (nSPS) is 18.1. The average Bonchev–Trinajstić information content (AvgIpc) is 2.94. The molecule has 2 heterocycles. The summed E-state index contributed by atoms with van der Waals surface area (Å²) in [6.45, 7) is 1.76. The minimum absolute atomic E-state index is 0.110. The zero-order valence-electron chi connectivity index (χ0n) is 14.5. The van der Waals surface area contributed by atoms with Crippen molar-refractivity contribution in [3.8, 4) is 0 Å². The molecule has 0 fully saturated rings. The number of aromatic nitrogens is 1. The topological polar surface area (TPSA) is 96.8 Å². The lowest BCUT2D eigenvalue weighted by Crippen LogP contribution is -2.45. The lowest BCUT2D eigenvalue weighted by molar-refractivity contribution is -0.137. The number of hydrogen-bond donors (Lipinski definition) is 1. The van der Waals surface area contributed by atoms with E-state index in [1.807, 2.05) is 0 Å². The molecule has 0 aliphatic carbocycles. The molecule has 0 bridgehead atoms. The van der Waals surface area contributed by atoms with E-state index >= 15 is 0 Å². The molecule has 2 atom stereocenters. The van der Waals surface area contributed by atoms with E-state index in [9.17, 15) is 19.5 Å². The molecule has 3 rings (SSSR count). The van der Waals surface area contributed by atoms with E-state index < -0.39 is 29.8 Å². The maximum Gasteiger partial charge on any atom is 0.414 e. The van der Waals surface area contributed by atoms with Gasteiger partial charge in [0.05, 0.1) is 18.7 Å². The Bertz CT molecular complexity index is 887. The highest BCUT2D eigenvalue weighted by Gasteiger charge is 2.47. The number of fused-ring (bicyclic) bond motifs is 1. The van der Waals surface area contributed by atoms with E-state index in [0.717, 1.165) is 0 Å². The highest BCUT2D eigenvalue weighted by molar-refractivity contribution is 6.31. The van der Waals surface area contributed by atoms with Crippen molar-refractivity contribution in [3.63, 3.8) is 0 Å². The van der Waals surface area contributed by atoms with Crippen molar-refractivity contribution in [2.24, 2.45) is 0 Å². The van der Waals surface area contributed by atoms with Gasteiger partial charge in [0.15, 0.2) is 0 Å². The van der Waals surface area contributed by atoms with Crippen LogP contribution in [0.1, 0.15) is 35.3 Å². The standard InChI is InChI=1S/C19H17ClN2O5/c1-2-27-19(26)22-15-9-11(20)6-7-12(15)13(10-16(23)24)17(22)18(25)14-5-3-4-8-21-14/h3-9,13,17H,2,10H2,1H3,(H,23,24). The largest absolute Gasteiger partial charge is 0.481 e. The van der Waals surface area contributed by atoms with Gasteiger partial charge in [0, 0.05) is 17.1 Å². The summed E-state index contributed by atoms with van der Waals surface area (Å²) in [6.07, 6.45) is 0.407. The number of carbonyl (C=O) groups excluding carboxylic acids is 2. The number of carbonyl (C=O) groups is 3. The van der Waals surface area contributed by atoms with Gasteiger partial charge >= 0.3 is 12.1 Å². The number of ketones is 1. The lowest BCUT2D eigenvalue weighted by atomic mass is 9.88. The summed E-state index contributed by atoms with van der Waals surface area (Å²) in [5.41, 5.74) is 1.08. The van der Waals surface area contributed by atoms with Crippen LogP contribution >= 0.6 is 11.6 Å². The van der Waals surface area contributed by atoms with Crippen LogP contribution in [-0.4, -0.2) is 40.6 Å². The van der Waals surface area contributed by atoms with E-state index in [0.29, 0.717) is 16.3 Å². The van der Waals surface area contributed by atoms with Crippen LogP contribution in [0.4, 0.5) is 10.5 Å². The third-order valence-corrected chi connectivity index (χ3v) is 4.59. The Morgan fingerprint density at radius 2 is 2.04 bits per heavy atom. The van der Waals surface area contributed by atoms with Crippen LogP contribution in [0.2, 0.25) is 5.02 Å². The molecule has 1 aromatic carbocycles. The molecule has 8 heteroatoms. The number of Topliss-reactive ketones (excluding diaryl/α,β-unsaturated/α-hetero) is 1. The summed E-state index contributed by atoms with van der Waals surface area (Å²) < 4.78 is 5.12. The van der Waals surface area contributed by atoms with Crippen molar-refractivity contribution in [3.05, 3.63) is 58.9 Å². The van der Waals surface area contributed by atoms with Crippen molar-refractivity contribution in [1.29, 1.82) is 0 Å². The first-order valence-electron chi connectivity index (χ1n) is 8.36. The van der Waals surface area contributed by atoms with E-state index in [-0.39, 0.29) is 18.7 Å². The van der Waals surface area contributed by atoms with Crippen molar-refractivity contribution in [2.45, 2.75) is 25.3 Å². The summed E-state index contributed by atoms with van der Waals surface area (Å²) in [4.78, 5) is 42.5. The summed E-state index contributed by atoms with van der Waals surface area (Å²) in [5, 5.41) is 9.73. The van der Waals surface area contributed by atoms with Gasteiger partial charge in [-0.05, 0) is 36.8 Å². The summed E-state index contributed by atoms with van der Waals surface area (Å²) in [7, 11) is 0. The van der Waals surface area contributed by atoms with Gasteiger partial charge in [-0.15, -0.1) is 0 Å². The first-order chi connectivity index (χ1) is 12.9. The maximum atomic E-state index is 13.2. The maximum absolute atomic E-state index is 13.2. The first-order valence-corrected chi connectivity index (χ1v) is 8.74. The highest BCUT2D eigenvalue weighted by atomic mass is 35.5. The Balaban J connectivity index is 2.14. The summed E-state index contributed by atoms with van der Waals surface area (Å²) in [6, 6.07) is 8.55. The van der Waals surface area contributed by atoms with Gasteiger partial charge in [-0.2, -0.15) is 0 Å². The number of carboxylic acids is 1. The van der Waals surface area contributed by atoms with Gasteiger partial charge in [0.2, 0.25) is 5.78 Å². The number of anilines is 1. The number of hydrogen-bond acceptors (Lipinski definition) is 5. The van der Waals surface area contributed by atoms with Crippen molar-refractivity contribution in [1.82, 2.24) is 4.98 Å². The smallest absolute Gasteiger partial charge is 0.414 e. The molecule has 0 saturated carbocycles. The van der Waals surface area contributed by atoms with Crippen LogP contribution in [-0.2, 0) is 9.53 Å². The molecule has 0 saturated heterocycles. The molecule has 2 unspecified atom stereocenters. The number of pyridine rings is 1. The zero-order valence-corrected chi connectivity index (χ0v) is 15.2. The quantitative estimate of drug-likeness (QED) is 0.787. The van der Waals surface area contributed by atoms with E-state index in [1.165, 1.54) is 23.2 Å². The van der Waals surface area contributed by atoms with E-state index in [4.69, 9.17) is 16.3 Å². The molecule has 27 heavy (non-hydrogen) atoms. The number of ether oxygens (including phenoxy) is 1. The summed E-state index contributed by atoms with van der Waals surface area (Å²) >= 11 is 6.08. The van der Waals surface area contributed by atoms with Crippen LogP contribution in [0.25, 0.3) is 0 Å². The van der Waals surface area contributed by atoms with Gasteiger partial charge in [0.25, 0.3) is 0 Å². The van der Waals surface area contributed by atoms with Crippen molar-refractivity contribution in [2.75, 3.05) is 11.5 Å². The van der Waals surface area contributed by atoms with Crippen LogP contribution in [0.3, 0.4) is 0 Å². The van der Waals surface area contributed by atoms with Crippen LogP contribution in [0.15, 0.2) is 42.6 Å². The third-order valence-electron chi connectivity index (χ3n) is 4.36. The average molecular weight is 389 g/mol. The number of carboxylic acid groups (broad SMARTS) is 1. The lowest BCUT2D eigenvalue weighted by Gasteiger charge is -2.26. The molecule has 7 nitrogen and oxygen atoms in total. The molecule has 1 aliphatic rings. The Hall–Kier alpha value is -2.93. The SMILES string of the molecule is CCOC(=O)N1c2cc(Cl)ccc2C(CC(=O)O)C1C(=O)c1ccccn1. The monoisotopic (exact) mass is 388 g/mol. The van der Waals surface area contributed by atoms with Gasteiger partial charge < -0.3 is 9.84 Å². The number of nitrogens with zero attached hydrogens (tertiary/aromatic N) is 2. The van der Waals surface area contributed by atoms with Gasteiger partial charge in [-0.3, -0.25) is 19.5 Å².